The van der Waals surface area contributed by atoms with Crippen LogP contribution in [0.5, 0.6) is 0 Å². The van der Waals surface area contributed by atoms with Crippen LogP contribution in [0.2, 0.25) is 0 Å². The third-order valence-corrected chi connectivity index (χ3v) is 6.00. The molecule has 3 rings (SSSR count). The highest BCUT2D eigenvalue weighted by atomic mass is 79.9. The Morgan fingerprint density at radius 3 is 2.75 bits per heavy atom. The van der Waals surface area contributed by atoms with Crippen molar-refractivity contribution in [2.45, 2.75) is 17.1 Å². The third-order valence-electron chi connectivity index (χ3n) is 3.28. The second-order valence-corrected chi connectivity index (χ2v) is 7.33. The predicted molar refractivity (Wildman–Crippen MR) is 83.2 cm³/mol. The van der Waals surface area contributed by atoms with Gasteiger partial charge in [0.05, 0.1) is 10.6 Å². The van der Waals surface area contributed by atoms with E-state index in [1.165, 1.54) is 6.21 Å². The fraction of sp³-hybridized carbons (Fsp3) is 0.143. The lowest BCUT2D eigenvalue weighted by molar-refractivity contribution is 0.596. The number of benzene rings is 1. The van der Waals surface area contributed by atoms with E-state index >= 15 is 0 Å². The van der Waals surface area contributed by atoms with E-state index in [9.17, 15) is 8.42 Å². The molecule has 1 aromatic carbocycles. The van der Waals surface area contributed by atoms with Gasteiger partial charge in [-0.05, 0) is 40.6 Å². The number of rotatable bonds is 2. The summed E-state index contributed by atoms with van der Waals surface area (Å²) in [6.07, 6.45) is 4.79. The molecule has 0 amide bonds. The molecule has 2 aliphatic heterocycles. The van der Waals surface area contributed by atoms with Crippen LogP contribution in [0.15, 0.2) is 61.6 Å². The van der Waals surface area contributed by atoms with Gasteiger partial charge in [-0.3, -0.25) is 9.98 Å². The van der Waals surface area contributed by atoms with Crippen molar-refractivity contribution in [3.05, 3.63) is 52.3 Å². The molecule has 1 aromatic rings. The quantitative estimate of drug-likeness (QED) is 0.770. The van der Waals surface area contributed by atoms with Gasteiger partial charge in [-0.2, -0.15) is 0 Å². The first kappa shape index (κ1) is 13.5. The fourth-order valence-corrected chi connectivity index (χ4v) is 4.48. The Morgan fingerprint density at radius 2 is 2.00 bits per heavy atom. The van der Waals surface area contributed by atoms with Gasteiger partial charge >= 0.3 is 0 Å². The molecule has 102 valence electrons. The van der Waals surface area contributed by atoms with Crippen molar-refractivity contribution < 1.29 is 8.42 Å². The summed E-state index contributed by atoms with van der Waals surface area (Å²) in [7, 11) is -3.55. The molecule has 2 heterocycles. The molecule has 20 heavy (non-hydrogen) atoms. The van der Waals surface area contributed by atoms with Crippen LogP contribution in [0.4, 0.5) is 0 Å². The molecular weight excluding hydrogens is 340 g/mol. The second-order valence-electron chi connectivity index (χ2n) is 4.54. The molecule has 0 fully saturated rings. The number of fused-ring (bicyclic) bond motifs is 1. The summed E-state index contributed by atoms with van der Waals surface area (Å²) < 4.78 is 26.3. The summed E-state index contributed by atoms with van der Waals surface area (Å²) in [4.78, 5) is 8.65. The van der Waals surface area contributed by atoms with E-state index in [1.807, 2.05) is 6.07 Å². The van der Waals surface area contributed by atoms with E-state index in [0.717, 1.165) is 11.1 Å². The zero-order valence-electron chi connectivity index (χ0n) is 10.6. The second kappa shape index (κ2) is 4.79. The number of hydrogen-bond acceptors (Lipinski definition) is 4. The molecule has 1 atom stereocenters. The van der Waals surface area contributed by atoms with Gasteiger partial charge in [0, 0.05) is 18.0 Å². The lowest BCUT2D eigenvalue weighted by Gasteiger charge is -2.19. The minimum atomic E-state index is -3.55. The molecule has 0 aromatic heterocycles. The summed E-state index contributed by atoms with van der Waals surface area (Å²) in [5.41, 5.74) is 1.98. The first-order chi connectivity index (χ1) is 9.51. The molecule has 0 saturated heterocycles. The van der Waals surface area contributed by atoms with Crippen molar-refractivity contribution in [1.82, 2.24) is 0 Å². The highest BCUT2D eigenvalue weighted by molar-refractivity contribution is 9.11. The molecule has 4 nitrogen and oxygen atoms in total. The van der Waals surface area contributed by atoms with Gasteiger partial charge in [0.15, 0.2) is 9.84 Å². The van der Waals surface area contributed by atoms with E-state index in [2.05, 4.69) is 25.9 Å². The molecule has 2 aliphatic rings. The largest absolute Gasteiger partial charge is 0.259 e. The van der Waals surface area contributed by atoms with Crippen LogP contribution in [-0.2, 0) is 9.84 Å². The lowest BCUT2D eigenvalue weighted by Crippen LogP contribution is -2.34. The Morgan fingerprint density at radius 1 is 1.25 bits per heavy atom. The summed E-state index contributed by atoms with van der Waals surface area (Å²) in [5, 5.41) is -0.838. The smallest absolute Gasteiger partial charge is 0.192 e. The van der Waals surface area contributed by atoms with Crippen molar-refractivity contribution in [1.29, 1.82) is 0 Å². The van der Waals surface area contributed by atoms with Gasteiger partial charge in [-0.15, -0.1) is 0 Å². The number of aliphatic imine (C=N–C) groups is 2. The molecular formula is C14H11BrN2O2S. The highest BCUT2D eigenvalue weighted by Gasteiger charge is 2.36. The third kappa shape index (κ3) is 1.99. The Labute approximate surface area is 125 Å². The molecule has 1 unspecified atom stereocenters. The van der Waals surface area contributed by atoms with Crippen molar-refractivity contribution >= 4 is 37.7 Å². The molecule has 0 aliphatic carbocycles. The van der Waals surface area contributed by atoms with E-state index < -0.39 is 15.1 Å². The Kier molecular flexibility index (Phi) is 3.22. The van der Waals surface area contributed by atoms with Gasteiger partial charge in [0.1, 0.15) is 9.86 Å². The maximum atomic E-state index is 12.8. The van der Waals surface area contributed by atoms with Crippen LogP contribution in [0, 0.1) is 6.92 Å². The van der Waals surface area contributed by atoms with Gasteiger partial charge in [0.25, 0.3) is 0 Å². The zero-order valence-corrected chi connectivity index (χ0v) is 13.0. The van der Waals surface area contributed by atoms with Crippen LogP contribution >= 0.6 is 15.9 Å². The van der Waals surface area contributed by atoms with Crippen LogP contribution < -0.4 is 0 Å². The van der Waals surface area contributed by atoms with Crippen molar-refractivity contribution in [3.63, 3.8) is 0 Å². The average molecular weight is 351 g/mol. The Balaban J connectivity index is 2.12. The molecule has 6 heteroatoms. The molecule has 0 radical (unpaired) electrons. The standard InChI is InChI=1S/C14H11BrN2O2S/c1-9-4-2-3-5-11(9)20(18,19)12-8-17-14(15)10-6-7-16-13(10)12/h2-8,12H,1H3. The lowest BCUT2D eigenvalue weighted by atomic mass is 10.1. The minimum Gasteiger partial charge on any atom is -0.259 e. The SMILES string of the molecule is Cc1ccccc1S(=O)(=O)C1C=NC(Br)=C2C=CN=C21. The van der Waals surface area contributed by atoms with Gasteiger partial charge in [-0.25, -0.2) is 8.42 Å². The number of hydrogen-bond donors (Lipinski definition) is 0. The number of halogens is 1. The summed E-state index contributed by atoms with van der Waals surface area (Å²) in [6.45, 7) is 1.79. The minimum absolute atomic E-state index is 0.323. The molecule has 0 bridgehead atoms. The van der Waals surface area contributed by atoms with Gasteiger partial charge < -0.3 is 0 Å². The maximum absolute atomic E-state index is 12.8. The van der Waals surface area contributed by atoms with E-state index in [0.29, 0.717) is 15.2 Å². The summed E-state index contributed by atoms with van der Waals surface area (Å²) >= 11 is 3.32. The first-order valence-electron chi connectivity index (χ1n) is 6.00. The van der Waals surface area contributed by atoms with Crippen molar-refractivity contribution in [2.75, 3.05) is 0 Å². The van der Waals surface area contributed by atoms with Crippen LogP contribution in [0.1, 0.15) is 5.56 Å². The summed E-state index contributed by atoms with van der Waals surface area (Å²) in [6, 6.07) is 6.95. The predicted octanol–water partition coefficient (Wildman–Crippen LogP) is 2.80. The molecule has 0 N–H and O–H groups in total. The average Bonchev–Trinajstić information content (AvgIpc) is 2.89. The first-order valence-corrected chi connectivity index (χ1v) is 8.34. The van der Waals surface area contributed by atoms with Crippen LogP contribution in [0.3, 0.4) is 0 Å². The van der Waals surface area contributed by atoms with Gasteiger partial charge in [0.2, 0.25) is 0 Å². The van der Waals surface area contributed by atoms with Crippen molar-refractivity contribution in [3.8, 4) is 0 Å². The highest BCUT2D eigenvalue weighted by Crippen LogP contribution is 2.30. The number of nitrogens with zero attached hydrogens (tertiary/aromatic N) is 2. The number of aryl methyl sites for hydroxylation is 1. The van der Waals surface area contributed by atoms with E-state index in [-0.39, 0.29) is 0 Å². The van der Waals surface area contributed by atoms with Crippen molar-refractivity contribution in [2.24, 2.45) is 9.98 Å². The fourth-order valence-electron chi connectivity index (χ4n) is 2.26. The maximum Gasteiger partial charge on any atom is 0.192 e. The van der Waals surface area contributed by atoms with Gasteiger partial charge in [-0.1, -0.05) is 18.2 Å². The van der Waals surface area contributed by atoms with Crippen LogP contribution in [-0.4, -0.2) is 25.6 Å². The zero-order chi connectivity index (χ0) is 14.3. The molecule has 0 saturated carbocycles. The van der Waals surface area contributed by atoms with Crippen LogP contribution in [0.25, 0.3) is 0 Å². The Bertz CT molecular complexity index is 804. The van der Waals surface area contributed by atoms with E-state index in [4.69, 9.17) is 0 Å². The monoisotopic (exact) mass is 350 g/mol. The number of sulfone groups is 1. The normalized spacial score (nSPS) is 21.1. The molecule has 0 spiro atoms. The number of allylic oxidation sites excluding steroid dienone is 2. The Hall–Kier alpha value is -1.53. The summed E-state index contributed by atoms with van der Waals surface area (Å²) in [5.74, 6) is 0. The topological polar surface area (TPSA) is 58.9 Å². The van der Waals surface area contributed by atoms with E-state index in [1.54, 1.807) is 37.4 Å².